The van der Waals surface area contributed by atoms with Crippen LogP contribution in [0.2, 0.25) is 0 Å². The van der Waals surface area contributed by atoms with Crippen molar-refractivity contribution in [3.63, 3.8) is 0 Å². The number of nitrogens with zero attached hydrogens (tertiary/aromatic N) is 1. The first-order valence-corrected chi connectivity index (χ1v) is 7.21. The number of amides is 1. The van der Waals surface area contributed by atoms with Crippen molar-refractivity contribution in [1.82, 2.24) is 4.90 Å². The first-order chi connectivity index (χ1) is 9.48. The summed E-state index contributed by atoms with van der Waals surface area (Å²) in [6.45, 7) is 6.49. The molecule has 2 fully saturated rings. The summed E-state index contributed by atoms with van der Waals surface area (Å²) in [6, 6.07) is 0. The summed E-state index contributed by atoms with van der Waals surface area (Å²) in [7, 11) is 0. The number of ether oxygens (including phenoxy) is 2. The molecule has 0 radical (unpaired) electrons. The molecule has 1 aliphatic carbocycles. The van der Waals surface area contributed by atoms with E-state index in [0.29, 0.717) is 38.8 Å². The van der Waals surface area contributed by atoms with Gasteiger partial charge in [0.15, 0.2) is 0 Å². The number of rotatable bonds is 1. The monoisotopic (exact) mass is 309 g/mol. The van der Waals surface area contributed by atoms with E-state index in [2.05, 4.69) is 4.74 Å². The normalized spacial score (nSPS) is 23.0. The lowest BCUT2D eigenvalue weighted by Gasteiger charge is -2.51. The lowest BCUT2D eigenvalue weighted by atomic mass is 9.61. The van der Waals surface area contributed by atoms with Crippen LogP contribution in [0, 0.1) is 5.41 Å². The van der Waals surface area contributed by atoms with Gasteiger partial charge in [0.1, 0.15) is 5.60 Å². The second-order valence-corrected chi connectivity index (χ2v) is 7.06. The Kier molecular flexibility index (Phi) is 4.17. The van der Waals surface area contributed by atoms with Crippen LogP contribution in [-0.2, 0) is 9.47 Å². The van der Waals surface area contributed by atoms with Crippen molar-refractivity contribution in [2.24, 2.45) is 5.41 Å². The molecule has 0 atom stereocenters. The Hall–Kier alpha value is -0.980. The van der Waals surface area contributed by atoms with Gasteiger partial charge in [0.2, 0.25) is 0 Å². The summed E-state index contributed by atoms with van der Waals surface area (Å²) in [4.78, 5) is 13.5. The van der Waals surface area contributed by atoms with E-state index in [9.17, 15) is 18.0 Å². The quantitative estimate of drug-likeness (QED) is 0.741. The first-order valence-electron chi connectivity index (χ1n) is 7.21. The average Bonchev–Trinajstić information content (AvgIpc) is 2.23. The van der Waals surface area contributed by atoms with Crippen molar-refractivity contribution in [1.29, 1.82) is 0 Å². The summed E-state index contributed by atoms with van der Waals surface area (Å²) in [5, 5.41) is 0. The summed E-state index contributed by atoms with van der Waals surface area (Å²) < 4.78 is 45.7. The SMILES string of the molecule is CC(C)(C)OC(=O)N1CCC2(CC1)CC(OC(F)(F)F)C2. The largest absolute Gasteiger partial charge is 0.522 e. The van der Waals surface area contributed by atoms with Crippen LogP contribution in [0.4, 0.5) is 18.0 Å². The molecule has 0 aromatic carbocycles. The number of likely N-dealkylation sites (tertiary alicyclic amines) is 1. The minimum atomic E-state index is -4.55. The number of piperidine rings is 1. The number of carbonyl (C=O) groups is 1. The van der Waals surface area contributed by atoms with Gasteiger partial charge in [0.25, 0.3) is 0 Å². The maximum Gasteiger partial charge on any atom is 0.522 e. The zero-order chi connectivity index (χ0) is 15.9. The highest BCUT2D eigenvalue weighted by atomic mass is 19.4. The zero-order valence-corrected chi connectivity index (χ0v) is 12.6. The fourth-order valence-corrected chi connectivity index (χ4v) is 3.08. The lowest BCUT2D eigenvalue weighted by Crippen LogP contribution is -2.52. The molecule has 2 rings (SSSR count). The predicted molar refractivity (Wildman–Crippen MR) is 69.6 cm³/mol. The molecule has 21 heavy (non-hydrogen) atoms. The Labute approximate surface area is 122 Å². The van der Waals surface area contributed by atoms with Crippen LogP contribution in [0.25, 0.3) is 0 Å². The summed E-state index contributed by atoms with van der Waals surface area (Å²) >= 11 is 0. The van der Waals surface area contributed by atoms with Crippen LogP contribution in [0.1, 0.15) is 46.5 Å². The van der Waals surface area contributed by atoms with Gasteiger partial charge in [-0.05, 0) is 51.9 Å². The molecule has 0 aromatic heterocycles. The van der Waals surface area contributed by atoms with Crippen molar-refractivity contribution >= 4 is 6.09 Å². The molecular formula is C14H22F3NO3. The van der Waals surface area contributed by atoms with Crippen molar-refractivity contribution in [2.75, 3.05) is 13.1 Å². The highest BCUT2D eigenvalue weighted by molar-refractivity contribution is 5.68. The van der Waals surface area contributed by atoms with Crippen molar-refractivity contribution in [2.45, 2.75) is 64.5 Å². The van der Waals surface area contributed by atoms with E-state index in [0.717, 1.165) is 0 Å². The molecule has 0 unspecified atom stereocenters. The Balaban J connectivity index is 1.76. The Morgan fingerprint density at radius 3 is 2.10 bits per heavy atom. The van der Waals surface area contributed by atoms with Crippen LogP contribution >= 0.6 is 0 Å². The number of hydrogen-bond donors (Lipinski definition) is 0. The fourth-order valence-electron chi connectivity index (χ4n) is 3.08. The second kappa shape index (κ2) is 5.34. The van der Waals surface area contributed by atoms with Crippen LogP contribution in [0.5, 0.6) is 0 Å². The highest BCUT2D eigenvalue weighted by Gasteiger charge is 2.50. The maximum absolute atomic E-state index is 12.1. The van der Waals surface area contributed by atoms with E-state index in [4.69, 9.17) is 4.74 Å². The van der Waals surface area contributed by atoms with Gasteiger partial charge in [-0.2, -0.15) is 0 Å². The van der Waals surface area contributed by atoms with Gasteiger partial charge in [-0.25, -0.2) is 4.79 Å². The lowest BCUT2D eigenvalue weighted by molar-refractivity contribution is -0.360. The van der Waals surface area contributed by atoms with E-state index in [-0.39, 0.29) is 11.5 Å². The summed E-state index contributed by atoms with van der Waals surface area (Å²) in [5.74, 6) is 0. The molecule has 1 saturated heterocycles. The Bertz CT molecular complexity index is 387. The van der Waals surface area contributed by atoms with E-state index in [1.807, 2.05) is 0 Å². The molecule has 1 saturated carbocycles. The van der Waals surface area contributed by atoms with Gasteiger partial charge >= 0.3 is 12.5 Å². The van der Waals surface area contributed by atoms with Crippen molar-refractivity contribution < 1.29 is 27.4 Å². The molecule has 1 heterocycles. The van der Waals surface area contributed by atoms with Gasteiger partial charge in [0, 0.05) is 13.1 Å². The molecule has 1 amide bonds. The fraction of sp³-hybridized carbons (Fsp3) is 0.929. The van der Waals surface area contributed by atoms with E-state index < -0.39 is 18.1 Å². The highest BCUT2D eigenvalue weighted by Crippen LogP contribution is 2.51. The van der Waals surface area contributed by atoms with Crippen LogP contribution < -0.4 is 0 Å². The molecule has 0 bridgehead atoms. The van der Waals surface area contributed by atoms with E-state index in [1.165, 1.54) is 0 Å². The maximum atomic E-state index is 12.1. The van der Waals surface area contributed by atoms with Crippen molar-refractivity contribution in [3.05, 3.63) is 0 Å². The number of carbonyl (C=O) groups excluding carboxylic acids is 1. The summed E-state index contributed by atoms with van der Waals surface area (Å²) in [6.07, 6.45) is -3.35. The molecule has 4 nitrogen and oxygen atoms in total. The van der Waals surface area contributed by atoms with Crippen molar-refractivity contribution in [3.8, 4) is 0 Å². The van der Waals surface area contributed by atoms with Gasteiger partial charge in [-0.15, -0.1) is 13.2 Å². The Morgan fingerprint density at radius 2 is 1.67 bits per heavy atom. The smallest absolute Gasteiger partial charge is 0.444 e. The summed E-state index contributed by atoms with van der Waals surface area (Å²) in [5.41, 5.74) is -0.622. The molecule has 1 spiro atoms. The number of hydrogen-bond acceptors (Lipinski definition) is 3. The van der Waals surface area contributed by atoms with E-state index >= 15 is 0 Å². The third kappa shape index (κ3) is 4.49. The molecular weight excluding hydrogens is 287 g/mol. The average molecular weight is 309 g/mol. The van der Waals surface area contributed by atoms with Gasteiger partial charge < -0.3 is 9.64 Å². The van der Waals surface area contributed by atoms with Gasteiger partial charge in [-0.1, -0.05) is 0 Å². The molecule has 7 heteroatoms. The topological polar surface area (TPSA) is 38.8 Å². The molecule has 122 valence electrons. The zero-order valence-electron chi connectivity index (χ0n) is 12.6. The Morgan fingerprint density at radius 1 is 1.14 bits per heavy atom. The molecule has 0 aromatic rings. The first kappa shape index (κ1) is 16.4. The standard InChI is InChI=1S/C14H22F3NO3/c1-12(2,3)21-11(19)18-6-4-13(5-7-18)8-10(9-13)20-14(15,16)17/h10H,4-9H2,1-3H3. The van der Waals surface area contributed by atoms with Crippen LogP contribution in [0.3, 0.4) is 0 Å². The van der Waals surface area contributed by atoms with E-state index in [1.54, 1.807) is 25.7 Å². The molecule has 1 aliphatic heterocycles. The third-order valence-electron chi connectivity index (χ3n) is 4.10. The van der Waals surface area contributed by atoms with Crippen LogP contribution in [0.15, 0.2) is 0 Å². The minimum Gasteiger partial charge on any atom is -0.444 e. The van der Waals surface area contributed by atoms with Gasteiger partial charge in [0.05, 0.1) is 6.10 Å². The second-order valence-electron chi connectivity index (χ2n) is 7.06. The van der Waals surface area contributed by atoms with Crippen LogP contribution in [-0.4, -0.2) is 42.2 Å². The molecule has 2 aliphatic rings. The van der Waals surface area contributed by atoms with Gasteiger partial charge in [-0.3, -0.25) is 4.74 Å². The molecule has 0 N–H and O–H groups in total. The number of halogens is 3. The third-order valence-corrected chi connectivity index (χ3v) is 4.10. The number of alkyl halides is 3. The minimum absolute atomic E-state index is 0.0889. The predicted octanol–water partition coefficient (Wildman–Crippen LogP) is 3.70.